The molecule has 1 aliphatic carbocycles. The largest absolute Gasteiger partial charge is 0.405 e. The monoisotopic (exact) mass is 322 g/mol. The molecule has 1 saturated carbocycles. The molecule has 1 fully saturated rings. The van der Waals surface area contributed by atoms with Crippen LogP contribution in [0.5, 0.6) is 0 Å². The average Bonchev–Trinajstić information content (AvgIpc) is 3.12. The number of hydrogen-bond acceptors (Lipinski definition) is 4. The summed E-state index contributed by atoms with van der Waals surface area (Å²) in [4.78, 5) is 26.6. The second-order valence-corrected chi connectivity index (χ2v) is 5.43. The molecule has 2 N–H and O–H groups in total. The minimum absolute atomic E-state index is 0.0941. The van der Waals surface area contributed by atoms with E-state index in [0.717, 1.165) is 24.6 Å². The number of urea groups is 1. The van der Waals surface area contributed by atoms with Gasteiger partial charge >= 0.3 is 12.2 Å². The van der Waals surface area contributed by atoms with Gasteiger partial charge in [0.2, 0.25) is 5.91 Å². The van der Waals surface area contributed by atoms with Crippen molar-refractivity contribution in [1.82, 2.24) is 20.2 Å². The van der Waals surface area contributed by atoms with Crippen LogP contribution in [0.1, 0.15) is 18.9 Å². The van der Waals surface area contributed by atoms with Crippen molar-refractivity contribution in [2.75, 3.05) is 12.3 Å². The Labute approximate surface area is 122 Å². The number of hydrogen-bond donors (Lipinski definition) is 2. The number of amides is 3. The zero-order valence-electron chi connectivity index (χ0n) is 10.8. The van der Waals surface area contributed by atoms with E-state index in [1.807, 2.05) is 16.1 Å². The van der Waals surface area contributed by atoms with Gasteiger partial charge in [0.15, 0.2) is 5.16 Å². The molecule has 1 aliphatic rings. The van der Waals surface area contributed by atoms with Crippen LogP contribution in [0.15, 0.2) is 17.6 Å². The van der Waals surface area contributed by atoms with Gasteiger partial charge in [0.25, 0.3) is 0 Å². The molecular weight excluding hydrogens is 309 g/mol. The highest BCUT2D eigenvalue weighted by atomic mass is 32.2. The molecule has 21 heavy (non-hydrogen) atoms. The first-order valence-electron chi connectivity index (χ1n) is 6.15. The van der Waals surface area contributed by atoms with Gasteiger partial charge in [-0.15, -0.1) is 0 Å². The first kappa shape index (κ1) is 15.7. The zero-order valence-corrected chi connectivity index (χ0v) is 11.6. The van der Waals surface area contributed by atoms with Gasteiger partial charge in [-0.1, -0.05) is 11.8 Å². The molecule has 10 heteroatoms. The van der Waals surface area contributed by atoms with Crippen LogP contribution in [-0.4, -0.2) is 40.0 Å². The van der Waals surface area contributed by atoms with E-state index in [1.165, 1.54) is 0 Å². The Bertz CT molecular complexity index is 528. The Balaban J connectivity index is 1.72. The summed E-state index contributed by atoms with van der Waals surface area (Å²) in [5, 5.41) is 4.05. The van der Waals surface area contributed by atoms with Crippen LogP contribution in [0, 0.1) is 0 Å². The van der Waals surface area contributed by atoms with Crippen molar-refractivity contribution >= 4 is 23.7 Å². The smallest absolute Gasteiger partial charge is 0.329 e. The fourth-order valence-corrected chi connectivity index (χ4v) is 2.39. The van der Waals surface area contributed by atoms with Gasteiger partial charge in [0.05, 0.1) is 5.75 Å². The number of imidazole rings is 1. The Hall–Kier alpha value is -1.71. The predicted octanol–water partition coefficient (Wildman–Crippen LogP) is 1.70. The molecule has 0 unspecified atom stereocenters. The lowest BCUT2D eigenvalue weighted by Gasteiger charge is -2.09. The van der Waals surface area contributed by atoms with E-state index in [9.17, 15) is 22.8 Å². The standard InChI is InChI=1S/C11H13F3N4O2S/c12-11(13,14)6-16-9(20)17-8(19)5-21-10-15-3-4-18(10)7-1-2-7/h3-4,7H,1-2,5-6H2,(H2,16,17,19,20). The molecule has 116 valence electrons. The van der Waals surface area contributed by atoms with E-state index in [2.05, 4.69) is 4.98 Å². The number of alkyl halides is 3. The number of rotatable bonds is 5. The van der Waals surface area contributed by atoms with Crippen LogP contribution in [0.25, 0.3) is 0 Å². The van der Waals surface area contributed by atoms with Gasteiger partial charge < -0.3 is 9.88 Å². The summed E-state index contributed by atoms with van der Waals surface area (Å²) >= 11 is 1.13. The first-order chi connectivity index (χ1) is 9.85. The lowest BCUT2D eigenvalue weighted by molar-refractivity contribution is -0.124. The average molecular weight is 322 g/mol. The van der Waals surface area contributed by atoms with Crippen LogP contribution in [0.2, 0.25) is 0 Å². The number of imide groups is 1. The fraction of sp³-hybridized carbons (Fsp3) is 0.545. The van der Waals surface area contributed by atoms with E-state index in [0.29, 0.717) is 11.2 Å². The molecular formula is C11H13F3N4O2S. The lowest BCUT2D eigenvalue weighted by atomic mass is 10.6. The Kier molecular flexibility index (Phi) is 4.76. The third kappa shape index (κ3) is 5.29. The third-order valence-electron chi connectivity index (χ3n) is 2.61. The number of halogens is 3. The third-order valence-corrected chi connectivity index (χ3v) is 3.59. The van der Waals surface area contributed by atoms with Crippen molar-refractivity contribution < 1.29 is 22.8 Å². The molecule has 6 nitrogen and oxygen atoms in total. The number of carbonyl (C=O) groups is 2. The Morgan fingerprint density at radius 3 is 2.76 bits per heavy atom. The lowest BCUT2D eigenvalue weighted by Crippen LogP contribution is -2.43. The second-order valence-electron chi connectivity index (χ2n) is 4.48. The van der Waals surface area contributed by atoms with E-state index >= 15 is 0 Å². The highest BCUT2D eigenvalue weighted by Crippen LogP contribution is 2.37. The van der Waals surface area contributed by atoms with Crippen LogP contribution in [0.3, 0.4) is 0 Å². The predicted molar refractivity (Wildman–Crippen MR) is 68.8 cm³/mol. The molecule has 3 amide bonds. The molecule has 1 aromatic heterocycles. The van der Waals surface area contributed by atoms with Crippen LogP contribution < -0.4 is 10.6 Å². The minimum Gasteiger partial charge on any atom is -0.329 e. The topological polar surface area (TPSA) is 76.0 Å². The summed E-state index contributed by atoms with van der Waals surface area (Å²) in [6.45, 7) is -1.48. The van der Waals surface area contributed by atoms with Gasteiger partial charge in [0, 0.05) is 18.4 Å². The van der Waals surface area contributed by atoms with Crippen molar-refractivity contribution in [3.05, 3.63) is 12.4 Å². The zero-order chi connectivity index (χ0) is 15.5. The van der Waals surface area contributed by atoms with E-state index < -0.39 is 24.7 Å². The number of aromatic nitrogens is 2. The van der Waals surface area contributed by atoms with Gasteiger partial charge in [-0.05, 0) is 12.8 Å². The van der Waals surface area contributed by atoms with Crippen molar-refractivity contribution in [1.29, 1.82) is 0 Å². The Morgan fingerprint density at radius 2 is 2.14 bits per heavy atom. The van der Waals surface area contributed by atoms with Crippen molar-refractivity contribution in [3.63, 3.8) is 0 Å². The van der Waals surface area contributed by atoms with Crippen LogP contribution in [0.4, 0.5) is 18.0 Å². The van der Waals surface area contributed by atoms with Gasteiger partial charge in [0.1, 0.15) is 6.54 Å². The number of carbonyl (C=O) groups excluding carboxylic acids is 2. The molecule has 0 spiro atoms. The molecule has 0 atom stereocenters. The number of thioether (sulfide) groups is 1. The van der Waals surface area contributed by atoms with Crippen molar-refractivity contribution in [3.8, 4) is 0 Å². The van der Waals surface area contributed by atoms with Gasteiger partial charge in [-0.25, -0.2) is 9.78 Å². The highest BCUT2D eigenvalue weighted by molar-refractivity contribution is 7.99. The summed E-state index contributed by atoms with van der Waals surface area (Å²) in [5.74, 6) is -0.770. The summed E-state index contributed by atoms with van der Waals surface area (Å²) < 4.78 is 37.6. The van der Waals surface area contributed by atoms with E-state index in [1.54, 1.807) is 11.5 Å². The summed E-state index contributed by atoms with van der Waals surface area (Å²) in [6, 6.07) is -0.753. The van der Waals surface area contributed by atoms with E-state index in [-0.39, 0.29) is 5.75 Å². The summed E-state index contributed by atoms with van der Waals surface area (Å²) in [5.41, 5.74) is 0. The molecule has 1 heterocycles. The molecule has 0 aromatic carbocycles. The highest BCUT2D eigenvalue weighted by Gasteiger charge is 2.28. The first-order valence-corrected chi connectivity index (χ1v) is 7.14. The van der Waals surface area contributed by atoms with Crippen LogP contribution >= 0.6 is 11.8 Å². The SMILES string of the molecule is O=C(CSc1nccn1C1CC1)NC(=O)NCC(F)(F)F. The molecule has 0 saturated heterocycles. The molecule has 0 bridgehead atoms. The minimum atomic E-state index is -4.51. The molecule has 0 aliphatic heterocycles. The maximum Gasteiger partial charge on any atom is 0.405 e. The molecule has 2 rings (SSSR count). The molecule has 0 radical (unpaired) electrons. The van der Waals surface area contributed by atoms with E-state index in [4.69, 9.17) is 0 Å². The molecule has 1 aromatic rings. The summed E-state index contributed by atoms with van der Waals surface area (Å²) in [7, 11) is 0. The van der Waals surface area contributed by atoms with Crippen LogP contribution in [-0.2, 0) is 4.79 Å². The maximum atomic E-state index is 11.9. The van der Waals surface area contributed by atoms with Crippen molar-refractivity contribution in [2.24, 2.45) is 0 Å². The van der Waals surface area contributed by atoms with Crippen molar-refractivity contribution in [2.45, 2.75) is 30.2 Å². The quantitative estimate of drug-likeness (QED) is 0.809. The normalized spacial score (nSPS) is 14.8. The van der Waals surface area contributed by atoms with Gasteiger partial charge in [-0.2, -0.15) is 13.2 Å². The van der Waals surface area contributed by atoms with Gasteiger partial charge in [-0.3, -0.25) is 10.1 Å². The number of nitrogens with one attached hydrogen (secondary N) is 2. The number of nitrogens with zero attached hydrogens (tertiary/aromatic N) is 2. The summed E-state index contributed by atoms with van der Waals surface area (Å²) in [6.07, 6.45) is 1.05. The Morgan fingerprint density at radius 1 is 1.43 bits per heavy atom. The fourth-order valence-electron chi connectivity index (χ4n) is 1.56. The second kappa shape index (κ2) is 6.37. The maximum absolute atomic E-state index is 11.9.